The Hall–Kier alpha value is -2.96. The third-order valence-corrected chi connectivity index (χ3v) is 2.87. The molecule has 0 N–H and O–H groups in total. The summed E-state index contributed by atoms with van der Waals surface area (Å²) in [5, 5.41) is 0. The molecule has 0 aromatic heterocycles. The summed E-state index contributed by atoms with van der Waals surface area (Å²) in [7, 11) is 0. The number of benzene rings is 2. The smallest absolute Gasteiger partial charge is 0.457 e. The van der Waals surface area contributed by atoms with E-state index in [1.807, 2.05) is 0 Å². The Labute approximate surface area is 136 Å². The van der Waals surface area contributed by atoms with Crippen molar-refractivity contribution in [3.63, 3.8) is 0 Å². The first-order valence-electron chi connectivity index (χ1n) is 6.75. The largest absolute Gasteiger partial charge is 0.573 e. The molecule has 2 aromatic carbocycles. The fourth-order valence-corrected chi connectivity index (χ4v) is 1.81. The van der Waals surface area contributed by atoms with Gasteiger partial charge in [-0.3, -0.25) is 0 Å². The maximum atomic E-state index is 12.1. The Morgan fingerprint density at radius 2 is 1.46 bits per heavy atom. The molecule has 2 rings (SSSR count). The molecule has 126 valence electrons. The number of halogens is 3. The van der Waals surface area contributed by atoms with Crippen molar-refractivity contribution in [2.45, 2.75) is 6.36 Å². The molecule has 0 unspecified atom stereocenters. The molecule has 2 aromatic rings. The van der Waals surface area contributed by atoms with Gasteiger partial charge in [-0.25, -0.2) is 4.79 Å². The Kier molecular flexibility index (Phi) is 5.47. The standard InChI is InChI=1S/C17H13F3O4/c1-2-16(21)23-11-22-14-7-3-12(4-8-14)13-5-9-15(10-6-13)24-17(18,19)20/h2-10H,1,11H2. The van der Waals surface area contributed by atoms with Gasteiger partial charge in [0.25, 0.3) is 0 Å². The number of carbonyl (C=O) groups excluding carboxylic acids is 1. The Morgan fingerprint density at radius 3 is 1.92 bits per heavy atom. The maximum Gasteiger partial charge on any atom is 0.573 e. The molecule has 0 spiro atoms. The maximum absolute atomic E-state index is 12.1. The highest BCUT2D eigenvalue weighted by molar-refractivity contribution is 5.81. The predicted molar refractivity (Wildman–Crippen MR) is 80.3 cm³/mol. The molecule has 0 saturated carbocycles. The molecule has 0 fully saturated rings. The average Bonchev–Trinajstić information content (AvgIpc) is 2.54. The van der Waals surface area contributed by atoms with Crippen molar-refractivity contribution in [2.75, 3.05) is 6.79 Å². The molecule has 24 heavy (non-hydrogen) atoms. The summed E-state index contributed by atoms with van der Waals surface area (Å²) in [5.41, 5.74) is 1.50. The van der Waals surface area contributed by atoms with E-state index < -0.39 is 12.3 Å². The first-order chi connectivity index (χ1) is 11.4. The zero-order chi connectivity index (χ0) is 17.6. The van der Waals surface area contributed by atoms with Crippen LogP contribution in [0.1, 0.15) is 0 Å². The van der Waals surface area contributed by atoms with E-state index in [9.17, 15) is 18.0 Å². The second-order valence-electron chi connectivity index (χ2n) is 4.53. The Balaban J connectivity index is 1.97. The van der Waals surface area contributed by atoms with Gasteiger partial charge >= 0.3 is 12.3 Å². The lowest BCUT2D eigenvalue weighted by molar-refractivity contribution is -0.274. The molecular weight excluding hydrogens is 325 g/mol. The fourth-order valence-electron chi connectivity index (χ4n) is 1.81. The normalized spacial score (nSPS) is 10.8. The van der Waals surface area contributed by atoms with E-state index in [1.165, 1.54) is 24.3 Å². The lowest BCUT2D eigenvalue weighted by atomic mass is 10.1. The fraction of sp³-hybridized carbons (Fsp3) is 0.118. The summed E-state index contributed by atoms with van der Waals surface area (Å²) in [6.45, 7) is 3.01. The van der Waals surface area contributed by atoms with Crippen molar-refractivity contribution in [3.05, 3.63) is 61.2 Å². The molecule has 0 atom stereocenters. The van der Waals surface area contributed by atoms with Gasteiger partial charge < -0.3 is 14.2 Å². The van der Waals surface area contributed by atoms with Crippen LogP contribution in [0.3, 0.4) is 0 Å². The van der Waals surface area contributed by atoms with Crippen LogP contribution in [0.4, 0.5) is 13.2 Å². The minimum absolute atomic E-state index is 0.242. The second-order valence-corrected chi connectivity index (χ2v) is 4.53. The van der Waals surface area contributed by atoms with Gasteiger partial charge in [0.2, 0.25) is 6.79 Å². The first-order valence-corrected chi connectivity index (χ1v) is 6.75. The van der Waals surface area contributed by atoms with E-state index in [1.54, 1.807) is 24.3 Å². The van der Waals surface area contributed by atoms with Crippen LogP contribution >= 0.6 is 0 Å². The minimum atomic E-state index is -4.71. The monoisotopic (exact) mass is 338 g/mol. The van der Waals surface area contributed by atoms with E-state index >= 15 is 0 Å². The van der Waals surface area contributed by atoms with E-state index in [2.05, 4.69) is 16.1 Å². The summed E-state index contributed by atoms with van der Waals surface area (Å²) in [6, 6.07) is 12.3. The minimum Gasteiger partial charge on any atom is -0.457 e. The topological polar surface area (TPSA) is 44.8 Å². The summed E-state index contributed by atoms with van der Waals surface area (Å²) < 4.78 is 50.0. The zero-order valence-electron chi connectivity index (χ0n) is 12.4. The van der Waals surface area contributed by atoms with Gasteiger partial charge in [0.1, 0.15) is 11.5 Å². The lowest BCUT2D eigenvalue weighted by Gasteiger charge is -2.10. The van der Waals surface area contributed by atoms with Gasteiger partial charge in [-0.05, 0) is 35.4 Å². The first kappa shape index (κ1) is 17.4. The highest BCUT2D eigenvalue weighted by atomic mass is 19.4. The van der Waals surface area contributed by atoms with Gasteiger partial charge in [-0.1, -0.05) is 30.8 Å². The van der Waals surface area contributed by atoms with Gasteiger partial charge in [0, 0.05) is 6.08 Å². The number of hydrogen-bond donors (Lipinski definition) is 0. The molecule has 0 aliphatic carbocycles. The number of ether oxygens (including phenoxy) is 3. The molecule has 0 aliphatic rings. The van der Waals surface area contributed by atoms with E-state index in [4.69, 9.17) is 4.74 Å². The predicted octanol–water partition coefficient (Wildman–Crippen LogP) is 4.32. The highest BCUT2D eigenvalue weighted by Gasteiger charge is 2.30. The molecule has 0 amide bonds. The molecule has 0 radical (unpaired) electrons. The van der Waals surface area contributed by atoms with Crippen molar-refractivity contribution in [3.8, 4) is 22.6 Å². The van der Waals surface area contributed by atoms with Crippen LogP contribution in [0.25, 0.3) is 11.1 Å². The number of rotatable bonds is 6. The molecule has 0 bridgehead atoms. The van der Waals surface area contributed by atoms with Crippen LogP contribution < -0.4 is 9.47 Å². The van der Waals surface area contributed by atoms with Crippen molar-refractivity contribution in [1.82, 2.24) is 0 Å². The van der Waals surface area contributed by atoms with Crippen LogP contribution in [0.15, 0.2) is 61.2 Å². The van der Waals surface area contributed by atoms with Crippen molar-refractivity contribution in [2.24, 2.45) is 0 Å². The SMILES string of the molecule is C=CC(=O)OCOc1ccc(-c2ccc(OC(F)(F)F)cc2)cc1. The van der Waals surface area contributed by atoms with Gasteiger partial charge in [0.15, 0.2) is 0 Å². The number of alkyl halides is 3. The van der Waals surface area contributed by atoms with Crippen molar-refractivity contribution < 1.29 is 32.2 Å². The Bertz CT molecular complexity index is 691. The average molecular weight is 338 g/mol. The van der Waals surface area contributed by atoms with Crippen LogP contribution in [-0.4, -0.2) is 19.1 Å². The van der Waals surface area contributed by atoms with E-state index in [0.29, 0.717) is 11.3 Å². The quantitative estimate of drug-likeness (QED) is 0.447. The van der Waals surface area contributed by atoms with E-state index in [-0.39, 0.29) is 12.5 Å². The Morgan fingerprint density at radius 1 is 0.958 bits per heavy atom. The summed E-state index contributed by atoms with van der Waals surface area (Å²) >= 11 is 0. The van der Waals surface area contributed by atoms with Crippen molar-refractivity contribution in [1.29, 1.82) is 0 Å². The molecule has 0 aliphatic heterocycles. The van der Waals surface area contributed by atoms with E-state index in [0.717, 1.165) is 11.6 Å². The number of esters is 1. The lowest BCUT2D eigenvalue weighted by Crippen LogP contribution is -2.16. The molecule has 4 nitrogen and oxygen atoms in total. The third kappa shape index (κ3) is 5.35. The number of hydrogen-bond acceptors (Lipinski definition) is 4. The van der Waals surface area contributed by atoms with Gasteiger partial charge in [-0.2, -0.15) is 0 Å². The van der Waals surface area contributed by atoms with Crippen LogP contribution in [0, 0.1) is 0 Å². The van der Waals surface area contributed by atoms with Crippen molar-refractivity contribution >= 4 is 5.97 Å². The molecular formula is C17H13F3O4. The summed E-state index contributed by atoms with van der Waals surface area (Å²) in [5.74, 6) is -0.393. The summed E-state index contributed by atoms with van der Waals surface area (Å²) in [4.78, 5) is 10.9. The summed E-state index contributed by atoms with van der Waals surface area (Å²) in [6.07, 6.45) is -3.69. The number of carbonyl (C=O) groups is 1. The van der Waals surface area contributed by atoms with Crippen LogP contribution in [-0.2, 0) is 9.53 Å². The third-order valence-electron chi connectivity index (χ3n) is 2.87. The zero-order valence-corrected chi connectivity index (χ0v) is 12.4. The van der Waals surface area contributed by atoms with Crippen LogP contribution in [0.5, 0.6) is 11.5 Å². The molecule has 0 heterocycles. The van der Waals surface area contributed by atoms with Gasteiger partial charge in [0.05, 0.1) is 0 Å². The molecule has 7 heteroatoms. The highest BCUT2D eigenvalue weighted by Crippen LogP contribution is 2.27. The van der Waals surface area contributed by atoms with Gasteiger partial charge in [-0.15, -0.1) is 13.2 Å². The van der Waals surface area contributed by atoms with Crippen LogP contribution in [0.2, 0.25) is 0 Å². The molecule has 0 saturated heterocycles. The second kappa shape index (κ2) is 7.54.